The maximum Gasteiger partial charge on any atom is 0.323 e. The van der Waals surface area contributed by atoms with E-state index in [1.54, 1.807) is 38.4 Å². The van der Waals surface area contributed by atoms with E-state index in [0.29, 0.717) is 28.1 Å². The number of likely N-dealkylation sites (N-methyl/N-ethyl adjacent to an activating group) is 1. The standard InChI is InChI=1S/C22H20FN7O3S/c1-3-24-21(33)29-22-28-18-17(23)13(8-14(19(18)34-22)15-6-4-5-7-25-15)12-9-26-20(27-10-12)30(2)11-16(31)32/h4-10H,3,11H2,1-2H3,(H,31,32)(H2,24,28,29,33). The number of hydrogen-bond acceptors (Lipinski definition) is 8. The molecule has 3 aromatic heterocycles. The Balaban J connectivity index is 1.82. The van der Waals surface area contributed by atoms with Gasteiger partial charge in [-0.05, 0) is 25.1 Å². The summed E-state index contributed by atoms with van der Waals surface area (Å²) in [6.45, 7) is 1.95. The van der Waals surface area contributed by atoms with Crippen LogP contribution in [0, 0.1) is 5.82 Å². The number of carboxylic acids is 1. The Labute approximate surface area is 197 Å². The molecule has 3 heterocycles. The van der Waals surface area contributed by atoms with Crippen LogP contribution in [0.3, 0.4) is 0 Å². The fourth-order valence-corrected chi connectivity index (χ4v) is 4.24. The maximum absolute atomic E-state index is 15.6. The van der Waals surface area contributed by atoms with Gasteiger partial charge in [-0.1, -0.05) is 17.4 Å². The van der Waals surface area contributed by atoms with Crippen molar-refractivity contribution in [2.24, 2.45) is 0 Å². The van der Waals surface area contributed by atoms with Crippen LogP contribution in [0.2, 0.25) is 0 Å². The zero-order valence-corrected chi connectivity index (χ0v) is 19.1. The Morgan fingerprint density at radius 1 is 1.18 bits per heavy atom. The molecule has 0 fully saturated rings. The number of nitrogens with zero attached hydrogens (tertiary/aromatic N) is 5. The molecular formula is C22H20FN7O3S. The predicted octanol–water partition coefficient (Wildman–Crippen LogP) is 3.62. The molecule has 10 nitrogen and oxygen atoms in total. The summed E-state index contributed by atoms with van der Waals surface area (Å²) in [6, 6.07) is 6.61. The molecule has 0 aliphatic carbocycles. The molecule has 0 saturated heterocycles. The van der Waals surface area contributed by atoms with Crippen molar-refractivity contribution >= 4 is 44.6 Å². The Morgan fingerprint density at radius 3 is 2.59 bits per heavy atom. The summed E-state index contributed by atoms with van der Waals surface area (Å²) in [6.07, 6.45) is 4.48. The van der Waals surface area contributed by atoms with E-state index >= 15 is 4.39 Å². The van der Waals surface area contributed by atoms with Crippen molar-refractivity contribution in [2.75, 3.05) is 30.4 Å². The molecular weight excluding hydrogens is 461 g/mol. The summed E-state index contributed by atoms with van der Waals surface area (Å²) < 4.78 is 16.2. The van der Waals surface area contributed by atoms with Gasteiger partial charge in [0.1, 0.15) is 12.1 Å². The zero-order chi connectivity index (χ0) is 24.2. The Morgan fingerprint density at radius 2 is 1.94 bits per heavy atom. The Kier molecular flexibility index (Phi) is 6.59. The molecule has 2 amide bonds. The minimum absolute atomic E-state index is 0.0852. The molecule has 1 aromatic carbocycles. The lowest BCUT2D eigenvalue weighted by Gasteiger charge is -2.14. The van der Waals surface area contributed by atoms with Gasteiger partial charge in [0.15, 0.2) is 10.9 Å². The van der Waals surface area contributed by atoms with Crippen molar-refractivity contribution in [3.63, 3.8) is 0 Å². The second-order valence-electron chi connectivity index (χ2n) is 7.20. The number of carboxylic acid groups (broad SMARTS) is 1. The highest BCUT2D eigenvalue weighted by Crippen LogP contribution is 2.40. The lowest BCUT2D eigenvalue weighted by Crippen LogP contribution is -2.28. The van der Waals surface area contributed by atoms with Crippen LogP contribution in [0.15, 0.2) is 42.9 Å². The van der Waals surface area contributed by atoms with Crippen molar-refractivity contribution < 1.29 is 19.1 Å². The number of fused-ring (bicyclic) bond motifs is 1. The van der Waals surface area contributed by atoms with Crippen LogP contribution in [-0.4, -0.2) is 57.2 Å². The van der Waals surface area contributed by atoms with Gasteiger partial charge in [-0.15, -0.1) is 0 Å². The molecule has 34 heavy (non-hydrogen) atoms. The Bertz CT molecular complexity index is 1350. The molecule has 0 bridgehead atoms. The molecule has 0 aliphatic heterocycles. The second-order valence-corrected chi connectivity index (χ2v) is 8.20. The van der Waals surface area contributed by atoms with Crippen LogP contribution in [0.25, 0.3) is 32.6 Å². The monoisotopic (exact) mass is 481 g/mol. The first-order chi connectivity index (χ1) is 16.4. The highest BCUT2D eigenvalue weighted by molar-refractivity contribution is 7.22. The molecule has 0 saturated carbocycles. The average molecular weight is 482 g/mol. The summed E-state index contributed by atoms with van der Waals surface area (Å²) in [5, 5.41) is 14.4. The molecule has 0 aliphatic rings. The molecule has 4 rings (SSSR count). The number of thiazole rings is 1. The number of aromatic nitrogens is 4. The van der Waals surface area contributed by atoms with E-state index in [0.717, 1.165) is 11.3 Å². The topological polar surface area (TPSA) is 133 Å². The van der Waals surface area contributed by atoms with E-state index in [-0.39, 0.29) is 28.7 Å². The molecule has 0 radical (unpaired) electrons. The van der Waals surface area contributed by atoms with E-state index in [2.05, 4.69) is 30.6 Å². The quantitative estimate of drug-likeness (QED) is 0.365. The minimum atomic E-state index is -1.02. The number of carbonyl (C=O) groups excluding carboxylic acids is 1. The van der Waals surface area contributed by atoms with Gasteiger partial charge in [0.2, 0.25) is 5.95 Å². The average Bonchev–Trinajstić information content (AvgIpc) is 3.24. The maximum atomic E-state index is 15.6. The first kappa shape index (κ1) is 23.0. The van der Waals surface area contributed by atoms with E-state index in [1.807, 2.05) is 6.07 Å². The summed E-state index contributed by atoms with van der Waals surface area (Å²) in [7, 11) is 1.55. The van der Waals surface area contributed by atoms with Gasteiger partial charge in [-0.3, -0.25) is 15.1 Å². The van der Waals surface area contributed by atoms with Gasteiger partial charge >= 0.3 is 12.0 Å². The SMILES string of the molecule is CCNC(=O)Nc1nc2c(F)c(-c3cnc(N(C)CC(=O)O)nc3)cc(-c3ccccn3)c2s1. The number of halogens is 1. The number of pyridine rings is 1. The summed E-state index contributed by atoms with van der Waals surface area (Å²) in [5.74, 6) is -1.42. The first-order valence-corrected chi connectivity index (χ1v) is 11.0. The highest BCUT2D eigenvalue weighted by atomic mass is 32.1. The van der Waals surface area contributed by atoms with E-state index in [9.17, 15) is 9.59 Å². The van der Waals surface area contributed by atoms with Gasteiger partial charge in [-0.25, -0.2) is 24.1 Å². The van der Waals surface area contributed by atoms with Crippen molar-refractivity contribution in [2.45, 2.75) is 6.92 Å². The molecule has 3 N–H and O–H groups in total. The third-order valence-electron chi connectivity index (χ3n) is 4.77. The fourth-order valence-electron chi connectivity index (χ4n) is 3.26. The third kappa shape index (κ3) is 4.76. The van der Waals surface area contributed by atoms with Crippen LogP contribution in [0.1, 0.15) is 6.92 Å². The van der Waals surface area contributed by atoms with E-state index in [1.165, 1.54) is 17.3 Å². The zero-order valence-electron chi connectivity index (χ0n) is 18.2. The fraction of sp³-hybridized carbons (Fsp3) is 0.182. The third-order valence-corrected chi connectivity index (χ3v) is 5.77. The molecule has 0 atom stereocenters. The largest absolute Gasteiger partial charge is 0.480 e. The number of urea groups is 1. The molecule has 4 aromatic rings. The number of carbonyl (C=O) groups is 2. The number of benzene rings is 1. The number of hydrogen-bond donors (Lipinski definition) is 3. The highest BCUT2D eigenvalue weighted by Gasteiger charge is 2.21. The van der Waals surface area contributed by atoms with Gasteiger partial charge in [-0.2, -0.15) is 0 Å². The number of amides is 2. The van der Waals surface area contributed by atoms with Crippen LogP contribution in [-0.2, 0) is 4.79 Å². The van der Waals surface area contributed by atoms with Crippen LogP contribution >= 0.6 is 11.3 Å². The van der Waals surface area contributed by atoms with Gasteiger partial charge in [0.05, 0.1) is 10.4 Å². The number of nitrogens with one attached hydrogen (secondary N) is 2. The summed E-state index contributed by atoms with van der Waals surface area (Å²) in [4.78, 5) is 41.3. The van der Waals surface area contributed by atoms with E-state index < -0.39 is 17.8 Å². The Hall–Kier alpha value is -4.19. The summed E-state index contributed by atoms with van der Waals surface area (Å²) >= 11 is 1.15. The number of rotatable bonds is 7. The lowest BCUT2D eigenvalue weighted by atomic mass is 10.0. The van der Waals surface area contributed by atoms with Gasteiger partial charge in [0, 0.05) is 48.9 Å². The molecule has 12 heteroatoms. The first-order valence-electron chi connectivity index (χ1n) is 10.2. The van der Waals surface area contributed by atoms with Crippen molar-refractivity contribution in [1.82, 2.24) is 25.3 Å². The van der Waals surface area contributed by atoms with Gasteiger partial charge < -0.3 is 15.3 Å². The number of aliphatic carboxylic acids is 1. The van der Waals surface area contributed by atoms with Gasteiger partial charge in [0.25, 0.3) is 0 Å². The molecule has 174 valence electrons. The second kappa shape index (κ2) is 9.75. The smallest absolute Gasteiger partial charge is 0.323 e. The minimum Gasteiger partial charge on any atom is -0.480 e. The van der Waals surface area contributed by atoms with Crippen molar-refractivity contribution in [3.8, 4) is 22.4 Å². The summed E-state index contributed by atoms with van der Waals surface area (Å²) in [5.41, 5.74) is 1.92. The lowest BCUT2D eigenvalue weighted by molar-refractivity contribution is -0.135. The molecule has 0 unspecified atom stereocenters. The van der Waals surface area contributed by atoms with Crippen LogP contribution in [0.4, 0.5) is 20.3 Å². The molecule has 0 spiro atoms. The van der Waals surface area contributed by atoms with E-state index in [4.69, 9.17) is 5.11 Å². The van der Waals surface area contributed by atoms with Crippen LogP contribution < -0.4 is 15.5 Å². The predicted molar refractivity (Wildman–Crippen MR) is 127 cm³/mol. The van der Waals surface area contributed by atoms with Crippen molar-refractivity contribution in [1.29, 1.82) is 0 Å². The van der Waals surface area contributed by atoms with Crippen LogP contribution in [0.5, 0.6) is 0 Å². The number of anilines is 2. The normalized spacial score (nSPS) is 10.8. The van der Waals surface area contributed by atoms with Crippen molar-refractivity contribution in [3.05, 3.63) is 48.7 Å².